The summed E-state index contributed by atoms with van der Waals surface area (Å²) in [4.78, 5) is 8.35. The normalized spacial score (nSPS) is 12.3. The van der Waals surface area contributed by atoms with E-state index in [9.17, 15) is 9.50 Å². The first-order chi connectivity index (χ1) is 9.74. The fourth-order valence-corrected chi connectivity index (χ4v) is 2.66. The summed E-state index contributed by atoms with van der Waals surface area (Å²) in [6.45, 7) is 0. The number of aliphatic hydroxyl groups excluding tert-OH is 1. The number of aliphatic hydroxyl groups is 1. The zero-order valence-electron chi connectivity index (χ0n) is 10.4. The van der Waals surface area contributed by atoms with E-state index >= 15 is 0 Å². The van der Waals surface area contributed by atoms with Gasteiger partial charge in [0.05, 0.1) is 17.6 Å². The molecular weight excluding hydrogens is 275 g/mol. The number of pyridine rings is 1. The van der Waals surface area contributed by atoms with Gasteiger partial charge < -0.3 is 5.11 Å². The average Bonchev–Trinajstić information content (AvgIpc) is 2.98. The third kappa shape index (κ3) is 2.59. The Morgan fingerprint density at radius 2 is 1.85 bits per heavy atom. The summed E-state index contributed by atoms with van der Waals surface area (Å²) >= 11 is 1.36. The van der Waals surface area contributed by atoms with Crippen molar-refractivity contribution in [3.8, 4) is 11.4 Å². The van der Waals surface area contributed by atoms with Gasteiger partial charge in [-0.1, -0.05) is 30.3 Å². The van der Waals surface area contributed by atoms with E-state index < -0.39 is 6.10 Å². The van der Waals surface area contributed by atoms with Crippen molar-refractivity contribution in [2.45, 2.75) is 6.10 Å². The van der Waals surface area contributed by atoms with Gasteiger partial charge in [-0.3, -0.25) is 4.98 Å². The molecular formula is C15H11FN2OS. The Morgan fingerprint density at radius 3 is 2.55 bits per heavy atom. The number of halogens is 1. The number of benzene rings is 1. The molecule has 3 aromatic rings. The molecule has 0 aliphatic rings. The van der Waals surface area contributed by atoms with Crippen molar-refractivity contribution in [2.24, 2.45) is 0 Å². The van der Waals surface area contributed by atoms with E-state index in [1.807, 2.05) is 35.7 Å². The first kappa shape index (κ1) is 12.9. The SMILES string of the molecule is OC(c1ccccc1)c1nc(-c2ccc(F)cn2)cs1. The summed E-state index contributed by atoms with van der Waals surface area (Å²) in [5.74, 6) is -0.381. The summed E-state index contributed by atoms with van der Waals surface area (Å²) in [7, 11) is 0. The standard InChI is InChI=1S/C15H11FN2OS/c16-11-6-7-12(17-8-11)13-9-20-15(18-13)14(19)10-4-2-1-3-5-10/h1-9,14,19H. The minimum Gasteiger partial charge on any atom is -0.381 e. The molecule has 0 fully saturated rings. The van der Waals surface area contributed by atoms with Gasteiger partial charge in [-0.05, 0) is 17.7 Å². The van der Waals surface area contributed by atoms with E-state index in [1.54, 1.807) is 6.07 Å². The van der Waals surface area contributed by atoms with Crippen LogP contribution in [0.5, 0.6) is 0 Å². The highest BCUT2D eigenvalue weighted by molar-refractivity contribution is 7.10. The van der Waals surface area contributed by atoms with E-state index in [2.05, 4.69) is 9.97 Å². The second-order valence-corrected chi connectivity index (χ2v) is 5.14. The van der Waals surface area contributed by atoms with E-state index in [4.69, 9.17) is 0 Å². The number of hydrogen-bond acceptors (Lipinski definition) is 4. The molecule has 1 unspecified atom stereocenters. The van der Waals surface area contributed by atoms with Crippen LogP contribution in [0.4, 0.5) is 4.39 Å². The average molecular weight is 286 g/mol. The quantitative estimate of drug-likeness (QED) is 0.802. The van der Waals surface area contributed by atoms with Crippen LogP contribution in [0, 0.1) is 5.82 Å². The lowest BCUT2D eigenvalue weighted by molar-refractivity contribution is 0.220. The van der Waals surface area contributed by atoms with E-state index in [0.717, 1.165) is 11.8 Å². The number of hydrogen-bond donors (Lipinski definition) is 1. The molecule has 0 aliphatic carbocycles. The molecule has 0 saturated carbocycles. The number of nitrogens with zero attached hydrogens (tertiary/aromatic N) is 2. The van der Waals surface area contributed by atoms with Gasteiger partial charge in [-0.2, -0.15) is 0 Å². The first-order valence-electron chi connectivity index (χ1n) is 6.04. The molecule has 2 heterocycles. The van der Waals surface area contributed by atoms with Crippen molar-refractivity contribution in [1.29, 1.82) is 0 Å². The summed E-state index contributed by atoms with van der Waals surface area (Å²) in [5.41, 5.74) is 2.02. The molecule has 0 saturated heterocycles. The van der Waals surface area contributed by atoms with Crippen molar-refractivity contribution in [3.05, 3.63) is 70.4 Å². The van der Waals surface area contributed by atoms with Gasteiger partial charge in [0.1, 0.15) is 16.9 Å². The zero-order chi connectivity index (χ0) is 13.9. The van der Waals surface area contributed by atoms with Crippen molar-refractivity contribution in [1.82, 2.24) is 9.97 Å². The largest absolute Gasteiger partial charge is 0.381 e. The summed E-state index contributed by atoms with van der Waals surface area (Å²) < 4.78 is 12.8. The van der Waals surface area contributed by atoms with Crippen molar-refractivity contribution >= 4 is 11.3 Å². The molecule has 0 amide bonds. The third-order valence-electron chi connectivity index (χ3n) is 2.86. The van der Waals surface area contributed by atoms with Crippen LogP contribution in [0.3, 0.4) is 0 Å². The fourth-order valence-electron chi connectivity index (χ4n) is 1.84. The predicted octanol–water partition coefficient (Wildman–Crippen LogP) is 3.43. The highest BCUT2D eigenvalue weighted by atomic mass is 32.1. The van der Waals surface area contributed by atoms with E-state index in [1.165, 1.54) is 17.4 Å². The lowest BCUT2D eigenvalue weighted by atomic mass is 10.1. The van der Waals surface area contributed by atoms with Crippen LogP contribution in [-0.2, 0) is 0 Å². The maximum Gasteiger partial charge on any atom is 0.141 e. The van der Waals surface area contributed by atoms with Crippen LogP contribution in [0.15, 0.2) is 54.0 Å². The smallest absolute Gasteiger partial charge is 0.141 e. The Kier molecular flexibility index (Phi) is 3.54. The number of aromatic nitrogens is 2. The van der Waals surface area contributed by atoms with Gasteiger partial charge in [0, 0.05) is 5.38 Å². The molecule has 1 atom stereocenters. The van der Waals surface area contributed by atoms with Crippen molar-refractivity contribution < 1.29 is 9.50 Å². The maximum absolute atomic E-state index is 12.8. The van der Waals surface area contributed by atoms with Gasteiger partial charge in [-0.25, -0.2) is 9.37 Å². The highest BCUT2D eigenvalue weighted by Gasteiger charge is 2.15. The van der Waals surface area contributed by atoms with Crippen LogP contribution in [0.1, 0.15) is 16.7 Å². The van der Waals surface area contributed by atoms with Crippen LogP contribution < -0.4 is 0 Å². The molecule has 1 aromatic carbocycles. The maximum atomic E-state index is 12.8. The van der Waals surface area contributed by atoms with Crippen molar-refractivity contribution in [3.63, 3.8) is 0 Å². The topological polar surface area (TPSA) is 46.0 Å². The molecule has 3 nitrogen and oxygen atoms in total. The molecule has 2 aromatic heterocycles. The summed E-state index contributed by atoms with van der Waals surface area (Å²) in [6, 6.07) is 12.2. The minimum atomic E-state index is -0.754. The molecule has 20 heavy (non-hydrogen) atoms. The summed E-state index contributed by atoms with van der Waals surface area (Å²) in [6.07, 6.45) is 0.400. The molecule has 1 N–H and O–H groups in total. The van der Waals surface area contributed by atoms with Crippen LogP contribution in [-0.4, -0.2) is 15.1 Å². The summed E-state index contributed by atoms with van der Waals surface area (Å²) in [5, 5.41) is 12.7. The molecule has 0 aliphatic heterocycles. The first-order valence-corrected chi connectivity index (χ1v) is 6.92. The number of thiazole rings is 1. The Bertz CT molecular complexity index is 697. The van der Waals surface area contributed by atoms with E-state index in [-0.39, 0.29) is 5.82 Å². The molecule has 5 heteroatoms. The molecule has 0 radical (unpaired) electrons. The van der Waals surface area contributed by atoms with Gasteiger partial charge in [-0.15, -0.1) is 11.3 Å². The zero-order valence-corrected chi connectivity index (χ0v) is 11.2. The van der Waals surface area contributed by atoms with Gasteiger partial charge >= 0.3 is 0 Å². The Morgan fingerprint density at radius 1 is 1.05 bits per heavy atom. The Labute approximate surface area is 119 Å². The molecule has 0 spiro atoms. The van der Waals surface area contributed by atoms with Crippen LogP contribution >= 0.6 is 11.3 Å². The van der Waals surface area contributed by atoms with Crippen molar-refractivity contribution in [2.75, 3.05) is 0 Å². The lowest BCUT2D eigenvalue weighted by Crippen LogP contribution is -1.98. The minimum absolute atomic E-state index is 0.381. The number of rotatable bonds is 3. The molecule has 0 bridgehead atoms. The third-order valence-corrected chi connectivity index (χ3v) is 3.76. The van der Waals surface area contributed by atoms with Gasteiger partial charge in [0.2, 0.25) is 0 Å². The van der Waals surface area contributed by atoms with Crippen LogP contribution in [0.25, 0.3) is 11.4 Å². The van der Waals surface area contributed by atoms with Crippen LogP contribution in [0.2, 0.25) is 0 Å². The second-order valence-electron chi connectivity index (χ2n) is 4.25. The highest BCUT2D eigenvalue weighted by Crippen LogP contribution is 2.28. The van der Waals surface area contributed by atoms with Gasteiger partial charge in [0.15, 0.2) is 0 Å². The molecule has 100 valence electrons. The second kappa shape index (κ2) is 5.48. The molecule has 3 rings (SSSR count). The van der Waals surface area contributed by atoms with Gasteiger partial charge in [0.25, 0.3) is 0 Å². The fraction of sp³-hybridized carbons (Fsp3) is 0.0667. The lowest BCUT2D eigenvalue weighted by Gasteiger charge is -2.06. The predicted molar refractivity (Wildman–Crippen MR) is 75.8 cm³/mol. The Balaban J connectivity index is 1.89. The monoisotopic (exact) mass is 286 g/mol. The Hall–Kier alpha value is -2.11. The van der Waals surface area contributed by atoms with E-state index in [0.29, 0.717) is 16.4 Å².